The van der Waals surface area contributed by atoms with Crippen molar-refractivity contribution in [2.24, 2.45) is 5.92 Å². The number of anilines is 1. The van der Waals surface area contributed by atoms with Gasteiger partial charge in [0.15, 0.2) is 0 Å². The molecular weight excluding hydrogens is 178 g/mol. The third-order valence-electron chi connectivity index (χ3n) is 2.45. The molecule has 1 aliphatic rings. The van der Waals surface area contributed by atoms with Crippen LogP contribution in [-0.4, -0.2) is 23.0 Å². The predicted molar refractivity (Wildman–Crippen MR) is 54.7 cm³/mol. The minimum Gasteiger partial charge on any atom is -0.427 e. The summed E-state index contributed by atoms with van der Waals surface area (Å²) in [4.78, 5) is 6.54. The van der Waals surface area contributed by atoms with Gasteiger partial charge in [-0.15, -0.1) is 0 Å². The molecule has 2 heterocycles. The van der Waals surface area contributed by atoms with Crippen molar-refractivity contribution in [3.05, 3.63) is 11.5 Å². The third-order valence-corrected chi connectivity index (χ3v) is 2.45. The highest BCUT2D eigenvalue weighted by atomic mass is 16.4. The zero-order chi connectivity index (χ0) is 10.1. The van der Waals surface area contributed by atoms with E-state index in [-0.39, 0.29) is 0 Å². The van der Waals surface area contributed by atoms with E-state index < -0.39 is 0 Å². The van der Waals surface area contributed by atoms with Gasteiger partial charge in [0.2, 0.25) is 0 Å². The summed E-state index contributed by atoms with van der Waals surface area (Å²) in [5.74, 6) is 1.64. The second kappa shape index (κ2) is 3.61. The first-order chi connectivity index (χ1) is 6.65. The highest BCUT2D eigenvalue weighted by Gasteiger charge is 2.21. The van der Waals surface area contributed by atoms with Crippen LogP contribution in [0.1, 0.15) is 25.3 Å². The van der Waals surface area contributed by atoms with Crippen LogP contribution in [0.3, 0.4) is 0 Å². The maximum atomic E-state index is 5.51. The molecule has 0 aromatic carbocycles. The molecule has 0 unspecified atom stereocenters. The Balaban J connectivity index is 2.05. The van der Waals surface area contributed by atoms with E-state index in [1.165, 1.54) is 0 Å². The summed E-state index contributed by atoms with van der Waals surface area (Å²) in [6.45, 7) is 7.49. The molecule has 2 rings (SSSR count). The van der Waals surface area contributed by atoms with Crippen LogP contribution in [0, 0.1) is 5.92 Å². The second-order valence-electron chi connectivity index (χ2n) is 4.30. The van der Waals surface area contributed by atoms with Gasteiger partial charge in [0.05, 0.1) is 12.2 Å². The molecule has 0 amide bonds. The Labute approximate surface area is 84.1 Å². The lowest BCUT2D eigenvalue weighted by atomic mass is 10.1. The van der Waals surface area contributed by atoms with Gasteiger partial charge in [-0.25, -0.2) is 0 Å². The van der Waals surface area contributed by atoms with Crippen LogP contribution in [0.25, 0.3) is 0 Å². The lowest BCUT2D eigenvalue weighted by molar-refractivity contribution is 0.206. The molecule has 2 N–H and O–H groups in total. The Bertz CT molecular complexity index is 319. The highest BCUT2D eigenvalue weighted by molar-refractivity contribution is 5.21. The van der Waals surface area contributed by atoms with Gasteiger partial charge < -0.3 is 10.2 Å². The number of nitrogens with zero attached hydrogens (tertiary/aromatic N) is 2. The summed E-state index contributed by atoms with van der Waals surface area (Å²) < 4.78 is 5.34. The monoisotopic (exact) mass is 195 g/mol. The highest BCUT2D eigenvalue weighted by Crippen LogP contribution is 2.21. The summed E-state index contributed by atoms with van der Waals surface area (Å²) in [5, 5.41) is 0. The largest absolute Gasteiger partial charge is 0.427 e. The quantitative estimate of drug-likeness (QED) is 0.772. The molecule has 1 aliphatic heterocycles. The topological polar surface area (TPSA) is 55.3 Å². The molecule has 0 bridgehead atoms. The number of rotatable bonds is 2. The number of oxazole rings is 1. The number of hydrogen-bond donors (Lipinski definition) is 1. The maximum absolute atomic E-state index is 5.51. The lowest BCUT2D eigenvalue weighted by Crippen LogP contribution is -2.33. The predicted octanol–water partition coefficient (Wildman–Crippen LogP) is 1.27. The van der Waals surface area contributed by atoms with E-state index in [1.54, 1.807) is 0 Å². The lowest BCUT2D eigenvalue weighted by Gasteiger charge is -2.26. The molecule has 0 saturated heterocycles. The molecule has 0 fully saturated rings. The summed E-state index contributed by atoms with van der Waals surface area (Å²) in [6.07, 6.45) is 0.961. The average Bonchev–Trinajstić information content (AvgIpc) is 2.42. The van der Waals surface area contributed by atoms with Gasteiger partial charge in [-0.3, -0.25) is 4.90 Å². The Morgan fingerprint density at radius 1 is 1.57 bits per heavy atom. The molecule has 0 atom stereocenters. The van der Waals surface area contributed by atoms with E-state index in [2.05, 4.69) is 23.7 Å². The Hall–Kier alpha value is -1.03. The smallest absolute Gasteiger partial charge is 0.292 e. The van der Waals surface area contributed by atoms with E-state index >= 15 is 0 Å². The minimum absolute atomic E-state index is 0.307. The normalized spacial score (nSPS) is 17.4. The number of hydrogen-bond acceptors (Lipinski definition) is 4. The van der Waals surface area contributed by atoms with E-state index in [9.17, 15) is 0 Å². The molecule has 0 saturated carbocycles. The van der Waals surface area contributed by atoms with Crippen molar-refractivity contribution < 1.29 is 4.42 Å². The number of nitrogen functional groups attached to an aromatic ring is 1. The van der Waals surface area contributed by atoms with Gasteiger partial charge in [-0.05, 0) is 5.92 Å². The first-order valence-electron chi connectivity index (χ1n) is 5.11. The Morgan fingerprint density at radius 3 is 3.07 bits per heavy atom. The molecule has 78 valence electrons. The summed E-state index contributed by atoms with van der Waals surface area (Å²) in [5.41, 5.74) is 6.55. The standard InChI is InChI=1S/C10H17N3O/c1-7(2)5-13-4-3-8-9(6-13)14-10(11)12-8/h7H,3-6H2,1-2H3,(H2,11,12). The van der Waals surface area contributed by atoms with E-state index in [4.69, 9.17) is 10.2 Å². The second-order valence-corrected chi connectivity index (χ2v) is 4.30. The van der Waals surface area contributed by atoms with Crippen LogP contribution in [0.5, 0.6) is 0 Å². The minimum atomic E-state index is 0.307. The average molecular weight is 195 g/mol. The SMILES string of the molecule is CC(C)CN1CCc2nc(N)oc2C1. The van der Waals surface area contributed by atoms with Crippen molar-refractivity contribution in [1.82, 2.24) is 9.88 Å². The van der Waals surface area contributed by atoms with Crippen molar-refractivity contribution in [1.29, 1.82) is 0 Å². The van der Waals surface area contributed by atoms with Crippen molar-refractivity contribution in [3.63, 3.8) is 0 Å². The van der Waals surface area contributed by atoms with E-state index in [0.717, 1.165) is 37.5 Å². The van der Waals surface area contributed by atoms with E-state index in [0.29, 0.717) is 11.9 Å². The van der Waals surface area contributed by atoms with Crippen molar-refractivity contribution in [2.75, 3.05) is 18.8 Å². The molecular formula is C10H17N3O. The van der Waals surface area contributed by atoms with Gasteiger partial charge >= 0.3 is 0 Å². The third kappa shape index (κ3) is 1.90. The molecule has 1 aromatic heterocycles. The van der Waals surface area contributed by atoms with Crippen LogP contribution in [0.15, 0.2) is 4.42 Å². The zero-order valence-corrected chi connectivity index (χ0v) is 8.79. The van der Waals surface area contributed by atoms with Gasteiger partial charge in [-0.1, -0.05) is 13.8 Å². The van der Waals surface area contributed by atoms with Gasteiger partial charge in [0.25, 0.3) is 6.01 Å². The fraction of sp³-hybridized carbons (Fsp3) is 0.700. The molecule has 4 heteroatoms. The molecule has 0 spiro atoms. The summed E-state index contributed by atoms with van der Waals surface area (Å²) in [6, 6.07) is 0.307. The Morgan fingerprint density at radius 2 is 2.36 bits per heavy atom. The molecule has 14 heavy (non-hydrogen) atoms. The summed E-state index contributed by atoms with van der Waals surface area (Å²) in [7, 11) is 0. The molecule has 4 nitrogen and oxygen atoms in total. The first kappa shape index (κ1) is 9.52. The van der Waals surface area contributed by atoms with Crippen molar-refractivity contribution >= 4 is 6.01 Å². The first-order valence-corrected chi connectivity index (χ1v) is 5.11. The zero-order valence-electron chi connectivity index (χ0n) is 8.79. The molecule has 0 aliphatic carbocycles. The van der Waals surface area contributed by atoms with Crippen LogP contribution in [-0.2, 0) is 13.0 Å². The van der Waals surface area contributed by atoms with Crippen LogP contribution >= 0.6 is 0 Å². The molecule has 1 aromatic rings. The van der Waals surface area contributed by atoms with Crippen LogP contribution in [0.4, 0.5) is 6.01 Å². The van der Waals surface area contributed by atoms with Gasteiger partial charge in [0, 0.05) is 19.5 Å². The van der Waals surface area contributed by atoms with Crippen LogP contribution < -0.4 is 5.73 Å². The fourth-order valence-corrected chi connectivity index (χ4v) is 1.94. The fourth-order valence-electron chi connectivity index (χ4n) is 1.94. The summed E-state index contributed by atoms with van der Waals surface area (Å²) >= 11 is 0. The number of nitrogens with two attached hydrogens (primary N) is 1. The maximum Gasteiger partial charge on any atom is 0.292 e. The Kier molecular flexibility index (Phi) is 2.46. The van der Waals surface area contributed by atoms with Crippen molar-refractivity contribution in [2.45, 2.75) is 26.8 Å². The van der Waals surface area contributed by atoms with Crippen molar-refractivity contribution in [3.8, 4) is 0 Å². The van der Waals surface area contributed by atoms with Gasteiger partial charge in [-0.2, -0.15) is 4.98 Å². The molecule has 0 radical (unpaired) electrons. The van der Waals surface area contributed by atoms with E-state index in [1.807, 2.05) is 0 Å². The van der Waals surface area contributed by atoms with Gasteiger partial charge in [0.1, 0.15) is 5.76 Å². The number of aromatic nitrogens is 1. The van der Waals surface area contributed by atoms with Crippen LogP contribution in [0.2, 0.25) is 0 Å². The number of fused-ring (bicyclic) bond motifs is 1.